The molecule has 1 atom stereocenters. The van der Waals surface area contributed by atoms with Crippen LogP contribution in [0.3, 0.4) is 0 Å². The third-order valence-electron chi connectivity index (χ3n) is 2.75. The first-order valence-corrected chi connectivity index (χ1v) is 7.06. The lowest BCUT2D eigenvalue weighted by Crippen LogP contribution is -1.93. The molecule has 1 unspecified atom stereocenters. The van der Waals surface area contributed by atoms with Crippen LogP contribution in [0.4, 0.5) is 0 Å². The largest absolute Gasteiger partial charge is 0.455 e. The zero-order valence-corrected chi connectivity index (χ0v) is 13.0. The smallest absolute Gasteiger partial charge is 0.146 e. The van der Waals surface area contributed by atoms with E-state index in [1.54, 1.807) is 6.92 Å². The molecule has 0 heterocycles. The molecule has 0 radical (unpaired) electrons. The van der Waals surface area contributed by atoms with Crippen molar-refractivity contribution >= 4 is 27.5 Å². The van der Waals surface area contributed by atoms with E-state index in [2.05, 4.69) is 15.9 Å². The summed E-state index contributed by atoms with van der Waals surface area (Å²) in [5, 5.41) is 10.1. The van der Waals surface area contributed by atoms with Gasteiger partial charge in [0.2, 0.25) is 0 Å². The second-order valence-corrected chi connectivity index (χ2v) is 5.66. The van der Waals surface area contributed by atoms with E-state index in [-0.39, 0.29) is 0 Å². The second kappa shape index (κ2) is 5.95. The summed E-state index contributed by atoms with van der Waals surface area (Å²) >= 11 is 9.57. The van der Waals surface area contributed by atoms with Crippen molar-refractivity contribution < 1.29 is 9.84 Å². The lowest BCUT2D eigenvalue weighted by molar-refractivity contribution is 0.199. The van der Waals surface area contributed by atoms with Crippen molar-refractivity contribution in [3.05, 3.63) is 57.0 Å². The van der Waals surface area contributed by atoms with Crippen LogP contribution in [-0.4, -0.2) is 5.11 Å². The molecule has 0 saturated heterocycles. The van der Waals surface area contributed by atoms with Crippen LogP contribution in [0.1, 0.15) is 24.2 Å². The first kappa shape index (κ1) is 14.4. The second-order valence-electron chi connectivity index (χ2n) is 4.40. The van der Waals surface area contributed by atoms with Gasteiger partial charge in [0.25, 0.3) is 0 Å². The van der Waals surface area contributed by atoms with Crippen LogP contribution >= 0.6 is 27.5 Å². The molecule has 0 saturated carbocycles. The molecule has 2 nitrogen and oxygen atoms in total. The lowest BCUT2D eigenvalue weighted by atomic mass is 10.1. The topological polar surface area (TPSA) is 29.5 Å². The van der Waals surface area contributed by atoms with Gasteiger partial charge < -0.3 is 9.84 Å². The third kappa shape index (κ3) is 3.50. The Balaban J connectivity index is 2.28. The minimum Gasteiger partial charge on any atom is -0.455 e. The molecule has 0 aliphatic rings. The molecule has 1 N–H and O–H groups in total. The van der Waals surface area contributed by atoms with Crippen LogP contribution in [0.15, 0.2) is 40.9 Å². The maximum Gasteiger partial charge on any atom is 0.146 e. The van der Waals surface area contributed by atoms with E-state index in [0.717, 1.165) is 15.6 Å². The molecule has 100 valence electrons. The average molecular weight is 342 g/mol. The zero-order valence-electron chi connectivity index (χ0n) is 10.7. The summed E-state index contributed by atoms with van der Waals surface area (Å²) < 4.78 is 6.55. The molecule has 2 aromatic carbocycles. The van der Waals surface area contributed by atoms with E-state index in [9.17, 15) is 5.11 Å². The molecule has 0 amide bonds. The average Bonchev–Trinajstić information content (AvgIpc) is 2.34. The summed E-state index contributed by atoms with van der Waals surface area (Å²) in [7, 11) is 0. The van der Waals surface area contributed by atoms with E-state index in [0.29, 0.717) is 16.5 Å². The van der Waals surface area contributed by atoms with Gasteiger partial charge in [-0.1, -0.05) is 23.7 Å². The Bertz CT molecular complexity index is 597. The van der Waals surface area contributed by atoms with Crippen LogP contribution in [0, 0.1) is 6.92 Å². The third-order valence-corrected chi connectivity index (χ3v) is 3.66. The van der Waals surface area contributed by atoms with Crippen LogP contribution in [0.2, 0.25) is 5.02 Å². The Morgan fingerprint density at radius 1 is 1.16 bits per heavy atom. The van der Waals surface area contributed by atoms with Crippen molar-refractivity contribution in [3.8, 4) is 11.5 Å². The summed E-state index contributed by atoms with van der Waals surface area (Å²) in [5.41, 5.74) is 1.91. The van der Waals surface area contributed by atoms with Gasteiger partial charge in [0, 0.05) is 0 Å². The van der Waals surface area contributed by atoms with E-state index in [1.807, 2.05) is 43.3 Å². The first-order chi connectivity index (χ1) is 8.97. The van der Waals surface area contributed by atoms with E-state index >= 15 is 0 Å². The predicted octanol–water partition coefficient (Wildman–Crippen LogP) is 5.26. The summed E-state index contributed by atoms with van der Waals surface area (Å²) in [4.78, 5) is 0. The number of hydrogen-bond acceptors (Lipinski definition) is 2. The van der Waals surface area contributed by atoms with Crippen molar-refractivity contribution in [2.75, 3.05) is 0 Å². The minimum atomic E-state index is -0.506. The normalized spacial score (nSPS) is 12.3. The quantitative estimate of drug-likeness (QED) is 0.825. The van der Waals surface area contributed by atoms with Crippen molar-refractivity contribution in [2.24, 2.45) is 0 Å². The number of aliphatic hydroxyl groups is 1. The lowest BCUT2D eigenvalue weighted by Gasteiger charge is -2.12. The number of aliphatic hydroxyl groups excluding tert-OH is 1. The number of ether oxygens (including phenoxy) is 1. The fourth-order valence-electron chi connectivity index (χ4n) is 1.67. The highest BCUT2D eigenvalue weighted by atomic mass is 79.9. The highest BCUT2D eigenvalue weighted by Crippen LogP contribution is 2.35. The van der Waals surface area contributed by atoms with Gasteiger partial charge in [0.1, 0.15) is 11.5 Å². The fraction of sp³-hybridized carbons (Fsp3) is 0.200. The van der Waals surface area contributed by atoms with Crippen LogP contribution in [-0.2, 0) is 0 Å². The van der Waals surface area contributed by atoms with Gasteiger partial charge in [-0.3, -0.25) is 0 Å². The Morgan fingerprint density at radius 3 is 2.42 bits per heavy atom. The Hall–Kier alpha value is -1.03. The number of aryl methyl sites for hydroxylation is 1. The zero-order chi connectivity index (χ0) is 14.0. The summed E-state index contributed by atoms with van der Waals surface area (Å²) in [6, 6.07) is 11.1. The molecule has 4 heteroatoms. The standard InChI is InChI=1S/C15H14BrClO2/c1-9-3-5-15(13(17)7-9)19-14-6-4-11(10(2)18)8-12(14)16/h3-8,10,18H,1-2H3. The molecule has 0 bridgehead atoms. The molecule has 0 spiro atoms. The first-order valence-electron chi connectivity index (χ1n) is 5.89. The van der Waals surface area contributed by atoms with Gasteiger partial charge in [-0.15, -0.1) is 0 Å². The Kier molecular flexibility index (Phi) is 4.50. The van der Waals surface area contributed by atoms with Gasteiger partial charge in [-0.05, 0) is 65.2 Å². The van der Waals surface area contributed by atoms with Gasteiger partial charge in [0.15, 0.2) is 0 Å². The molecule has 0 aliphatic carbocycles. The monoisotopic (exact) mass is 340 g/mol. The van der Waals surface area contributed by atoms with Gasteiger partial charge in [0.05, 0.1) is 15.6 Å². The summed E-state index contributed by atoms with van der Waals surface area (Å²) in [6.07, 6.45) is -0.506. The van der Waals surface area contributed by atoms with Crippen molar-refractivity contribution in [3.63, 3.8) is 0 Å². The maximum atomic E-state index is 9.52. The molecular formula is C15H14BrClO2. The van der Waals surface area contributed by atoms with E-state index < -0.39 is 6.10 Å². The van der Waals surface area contributed by atoms with E-state index in [4.69, 9.17) is 16.3 Å². The predicted molar refractivity (Wildman–Crippen MR) is 81.0 cm³/mol. The Labute approximate surface area is 126 Å². The van der Waals surface area contributed by atoms with Crippen molar-refractivity contribution in [1.29, 1.82) is 0 Å². The molecule has 2 rings (SSSR count). The van der Waals surface area contributed by atoms with Crippen molar-refractivity contribution in [2.45, 2.75) is 20.0 Å². The molecule has 0 aliphatic heterocycles. The number of benzene rings is 2. The number of halogens is 2. The summed E-state index contributed by atoms with van der Waals surface area (Å²) in [5.74, 6) is 1.27. The van der Waals surface area contributed by atoms with Crippen LogP contribution in [0.5, 0.6) is 11.5 Å². The molecule has 2 aromatic rings. The van der Waals surface area contributed by atoms with Crippen LogP contribution in [0.25, 0.3) is 0 Å². The number of rotatable bonds is 3. The summed E-state index contributed by atoms with van der Waals surface area (Å²) in [6.45, 7) is 3.70. The molecular weight excluding hydrogens is 328 g/mol. The maximum absolute atomic E-state index is 9.52. The van der Waals surface area contributed by atoms with Gasteiger partial charge in [-0.25, -0.2) is 0 Å². The molecule has 0 aromatic heterocycles. The highest BCUT2D eigenvalue weighted by molar-refractivity contribution is 9.10. The SMILES string of the molecule is Cc1ccc(Oc2ccc(C(C)O)cc2Br)c(Cl)c1. The van der Waals surface area contributed by atoms with Gasteiger partial charge in [-0.2, -0.15) is 0 Å². The van der Waals surface area contributed by atoms with Gasteiger partial charge >= 0.3 is 0 Å². The molecule has 19 heavy (non-hydrogen) atoms. The van der Waals surface area contributed by atoms with Crippen LogP contribution < -0.4 is 4.74 Å². The fourth-order valence-corrected chi connectivity index (χ4v) is 2.42. The highest BCUT2D eigenvalue weighted by Gasteiger charge is 2.09. The van der Waals surface area contributed by atoms with E-state index in [1.165, 1.54) is 0 Å². The minimum absolute atomic E-state index is 0.506. The van der Waals surface area contributed by atoms with Crippen molar-refractivity contribution in [1.82, 2.24) is 0 Å². The Morgan fingerprint density at radius 2 is 1.84 bits per heavy atom. The molecule has 0 fully saturated rings. The number of hydrogen-bond donors (Lipinski definition) is 1.